The Hall–Kier alpha value is -1.61. The molecule has 0 saturated carbocycles. The third kappa shape index (κ3) is 4.52. The third-order valence-corrected chi connectivity index (χ3v) is 3.89. The Labute approximate surface area is 117 Å². The molecule has 9 heteroatoms. The molecule has 0 radical (unpaired) electrons. The Morgan fingerprint density at radius 2 is 2.26 bits per heavy atom. The summed E-state index contributed by atoms with van der Waals surface area (Å²) in [6.45, 7) is 0. The van der Waals surface area contributed by atoms with Crippen LogP contribution >= 0.6 is 23.1 Å². The van der Waals surface area contributed by atoms with E-state index < -0.39 is 22.8 Å². The van der Waals surface area contributed by atoms with E-state index in [0.717, 1.165) is 11.3 Å². The maximum atomic E-state index is 11.8. The van der Waals surface area contributed by atoms with Crippen LogP contribution in [0.1, 0.15) is 16.1 Å². The van der Waals surface area contributed by atoms with Crippen molar-refractivity contribution in [1.82, 2.24) is 5.32 Å². The van der Waals surface area contributed by atoms with Gasteiger partial charge in [0.05, 0.1) is 9.80 Å². The molecule has 104 valence electrons. The fourth-order valence-electron chi connectivity index (χ4n) is 1.27. The lowest BCUT2D eigenvalue weighted by atomic mass is 10.2. The normalized spacial score (nSPS) is 11.8. The zero-order valence-corrected chi connectivity index (χ0v) is 11.6. The fourth-order valence-corrected chi connectivity index (χ4v) is 2.47. The molecule has 0 aromatic carbocycles. The van der Waals surface area contributed by atoms with Crippen LogP contribution < -0.4 is 5.32 Å². The van der Waals surface area contributed by atoms with Crippen molar-refractivity contribution in [3.63, 3.8) is 0 Å². The number of carboxylic acid groups (broad SMARTS) is 1. The lowest BCUT2D eigenvalue weighted by Gasteiger charge is -2.12. The number of nitro groups is 1. The summed E-state index contributed by atoms with van der Waals surface area (Å²) in [6, 6.07) is 1.55. The number of amides is 1. The Kier molecular flexibility index (Phi) is 5.77. The van der Waals surface area contributed by atoms with Gasteiger partial charge < -0.3 is 10.4 Å². The van der Waals surface area contributed by atoms with Gasteiger partial charge in [-0.3, -0.25) is 14.9 Å². The van der Waals surface area contributed by atoms with Crippen molar-refractivity contribution in [2.75, 3.05) is 12.0 Å². The molecule has 0 spiro atoms. The second-order valence-corrected chi connectivity index (χ2v) is 5.59. The van der Waals surface area contributed by atoms with Crippen LogP contribution in [0.25, 0.3) is 0 Å². The lowest BCUT2D eigenvalue weighted by molar-refractivity contribution is -0.380. The number of nitrogens with zero attached hydrogens (tertiary/aromatic N) is 1. The highest BCUT2D eigenvalue weighted by Crippen LogP contribution is 2.23. The van der Waals surface area contributed by atoms with Gasteiger partial charge in [0.1, 0.15) is 6.04 Å². The number of aliphatic carboxylic acids is 1. The summed E-state index contributed by atoms with van der Waals surface area (Å²) < 4.78 is 0. The standard InChI is InChI=1S/C10H12N2O5S2/c1-18-5-4-6(10(14)15)11-9(13)7-2-3-8(19-7)12(16)17/h2-3,6H,4-5H2,1H3,(H,11,13)(H,14,15). The van der Waals surface area contributed by atoms with E-state index in [4.69, 9.17) is 5.11 Å². The third-order valence-electron chi connectivity index (χ3n) is 2.21. The number of nitrogens with one attached hydrogen (secondary N) is 1. The van der Waals surface area contributed by atoms with E-state index in [0.29, 0.717) is 12.2 Å². The first-order chi connectivity index (χ1) is 8.95. The molecule has 0 saturated heterocycles. The lowest BCUT2D eigenvalue weighted by Crippen LogP contribution is -2.40. The number of hydrogen-bond acceptors (Lipinski definition) is 6. The molecule has 1 rings (SSSR count). The summed E-state index contributed by atoms with van der Waals surface area (Å²) in [7, 11) is 0. The SMILES string of the molecule is CSCCC(NC(=O)c1ccc([N+](=O)[O-])s1)C(=O)O. The van der Waals surface area contributed by atoms with Gasteiger partial charge in [-0.05, 0) is 24.5 Å². The number of carbonyl (C=O) groups is 2. The fraction of sp³-hybridized carbons (Fsp3) is 0.400. The molecule has 0 aliphatic heterocycles. The average Bonchev–Trinajstić information content (AvgIpc) is 2.83. The first kappa shape index (κ1) is 15.4. The second-order valence-electron chi connectivity index (χ2n) is 3.54. The van der Waals surface area contributed by atoms with Crippen LogP contribution in [-0.4, -0.2) is 40.0 Å². The molecule has 7 nitrogen and oxygen atoms in total. The van der Waals surface area contributed by atoms with Gasteiger partial charge in [0, 0.05) is 6.07 Å². The predicted molar refractivity (Wildman–Crippen MR) is 72.9 cm³/mol. The number of hydrogen-bond donors (Lipinski definition) is 2. The molecule has 19 heavy (non-hydrogen) atoms. The van der Waals surface area contributed by atoms with Crippen molar-refractivity contribution in [1.29, 1.82) is 0 Å². The Balaban J connectivity index is 2.70. The summed E-state index contributed by atoms with van der Waals surface area (Å²) in [5.41, 5.74) is 0. The number of rotatable bonds is 7. The number of thioether (sulfide) groups is 1. The van der Waals surface area contributed by atoms with Gasteiger partial charge in [-0.2, -0.15) is 11.8 Å². The minimum absolute atomic E-state index is 0.127. The van der Waals surface area contributed by atoms with Gasteiger partial charge in [-0.1, -0.05) is 11.3 Å². The predicted octanol–water partition coefficient (Wildman–Crippen LogP) is 1.59. The van der Waals surface area contributed by atoms with Gasteiger partial charge in [0.15, 0.2) is 0 Å². The number of thiophene rings is 1. The molecule has 0 aliphatic rings. The van der Waals surface area contributed by atoms with E-state index in [1.165, 1.54) is 23.9 Å². The van der Waals surface area contributed by atoms with Crippen molar-refractivity contribution in [2.45, 2.75) is 12.5 Å². The highest BCUT2D eigenvalue weighted by atomic mass is 32.2. The zero-order valence-electron chi connectivity index (χ0n) is 9.99. The molecular weight excluding hydrogens is 292 g/mol. The van der Waals surface area contributed by atoms with Crippen LogP contribution in [0.2, 0.25) is 0 Å². The molecule has 1 aromatic rings. The zero-order chi connectivity index (χ0) is 14.4. The van der Waals surface area contributed by atoms with Crippen LogP contribution in [0.3, 0.4) is 0 Å². The van der Waals surface area contributed by atoms with Gasteiger partial charge in [0.25, 0.3) is 5.91 Å². The highest BCUT2D eigenvalue weighted by Gasteiger charge is 2.22. The van der Waals surface area contributed by atoms with Crippen molar-refractivity contribution in [3.05, 3.63) is 27.1 Å². The van der Waals surface area contributed by atoms with Crippen LogP contribution in [0.4, 0.5) is 5.00 Å². The molecule has 1 amide bonds. The summed E-state index contributed by atoms with van der Waals surface area (Å²) in [4.78, 5) is 32.8. The van der Waals surface area contributed by atoms with E-state index in [9.17, 15) is 19.7 Å². The molecule has 0 bridgehead atoms. The smallest absolute Gasteiger partial charge is 0.326 e. The van der Waals surface area contributed by atoms with Gasteiger partial charge in [-0.25, -0.2) is 4.79 Å². The van der Waals surface area contributed by atoms with Crippen molar-refractivity contribution in [3.8, 4) is 0 Å². The first-order valence-corrected chi connectivity index (χ1v) is 7.43. The van der Waals surface area contributed by atoms with Crippen molar-refractivity contribution >= 4 is 40.0 Å². The topological polar surface area (TPSA) is 110 Å². The molecule has 1 unspecified atom stereocenters. The Morgan fingerprint density at radius 1 is 1.58 bits per heavy atom. The van der Waals surface area contributed by atoms with Gasteiger partial charge in [-0.15, -0.1) is 0 Å². The van der Waals surface area contributed by atoms with E-state index in [1.54, 1.807) is 0 Å². The molecular formula is C10H12N2O5S2. The second kappa shape index (κ2) is 7.10. The highest BCUT2D eigenvalue weighted by molar-refractivity contribution is 7.98. The monoisotopic (exact) mass is 304 g/mol. The maximum Gasteiger partial charge on any atom is 0.326 e. The van der Waals surface area contributed by atoms with Crippen LogP contribution in [0.5, 0.6) is 0 Å². The molecule has 0 aliphatic carbocycles. The number of carboxylic acids is 1. The summed E-state index contributed by atoms with van der Waals surface area (Å²) in [6.07, 6.45) is 2.14. The minimum Gasteiger partial charge on any atom is -0.480 e. The molecule has 1 atom stereocenters. The van der Waals surface area contributed by atoms with Gasteiger partial charge >= 0.3 is 11.0 Å². The van der Waals surface area contributed by atoms with Crippen LogP contribution in [0.15, 0.2) is 12.1 Å². The van der Waals surface area contributed by atoms with Crippen molar-refractivity contribution in [2.24, 2.45) is 0 Å². The van der Waals surface area contributed by atoms with E-state index in [-0.39, 0.29) is 9.88 Å². The summed E-state index contributed by atoms with van der Waals surface area (Å²) in [5, 5.41) is 21.7. The minimum atomic E-state index is -1.12. The molecule has 2 N–H and O–H groups in total. The van der Waals surface area contributed by atoms with E-state index >= 15 is 0 Å². The van der Waals surface area contributed by atoms with Crippen LogP contribution in [-0.2, 0) is 4.79 Å². The first-order valence-electron chi connectivity index (χ1n) is 5.22. The molecule has 0 fully saturated rings. The average molecular weight is 304 g/mol. The quantitative estimate of drug-likeness (QED) is 0.585. The molecule has 1 heterocycles. The van der Waals surface area contributed by atoms with Gasteiger partial charge in [0.2, 0.25) is 0 Å². The summed E-state index contributed by atoms with van der Waals surface area (Å²) in [5.74, 6) is -1.12. The van der Waals surface area contributed by atoms with E-state index in [2.05, 4.69) is 5.32 Å². The van der Waals surface area contributed by atoms with Crippen molar-refractivity contribution < 1.29 is 19.6 Å². The number of carbonyl (C=O) groups excluding carboxylic acids is 1. The Morgan fingerprint density at radius 3 is 2.74 bits per heavy atom. The summed E-state index contributed by atoms with van der Waals surface area (Å²) >= 11 is 2.19. The Bertz CT molecular complexity index is 488. The molecule has 1 aromatic heterocycles. The largest absolute Gasteiger partial charge is 0.480 e. The maximum absolute atomic E-state index is 11.8. The van der Waals surface area contributed by atoms with Crippen LogP contribution in [0, 0.1) is 10.1 Å². The van der Waals surface area contributed by atoms with E-state index in [1.807, 2.05) is 6.26 Å².